The zero-order valence-electron chi connectivity index (χ0n) is 6.50. The highest BCUT2D eigenvalue weighted by molar-refractivity contribution is 5.99. The van der Waals surface area contributed by atoms with Crippen LogP contribution in [0.5, 0.6) is 0 Å². The number of β-lactam (4-membered cyclic amide) rings is 1. The van der Waals surface area contributed by atoms with Gasteiger partial charge in [-0.05, 0) is 13.8 Å². The van der Waals surface area contributed by atoms with Gasteiger partial charge in [-0.15, -0.1) is 0 Å². The first-order chi connectivity index (χ1) is 5.04. The van der Waals surface area contributed by atoms with Crippen LogP contribution in [0.3, 0.4) is 0 Å². The fourth-order valence-electron chi connectivity index (χ4n) is 1.25. The zero-order valence-corrected chi connectivity index (χ0v) is 6.50. The van der Waals surface area contributed by atoms with E-state index in [0.29, 0.717) is 0 Å². The van der Waals surface area contributed by atoms with Gasteiger partial charge in [0.2, 0.25) is 5.91 Å². The number of aliphatic hydroxyl groups excluding tert-OH is 1. The molecule has 0 aromatic rings. The van der Waals surface area contributed by atoms with E-state index in [4.69, 9.17) is 5.11 Å². The van der Waals surface area contributed by atoms with E-state index in [1.54, 1.807) is 0 Å². The van der Waals surface area contributed by atoms with Crippen LogP contribution in [0.4, 0.5) is 0 Å². The molecule has 0 bridgehead atoms. The topological polar surface area (TPSA) is 66.4 Å². The molecule has 1 heterocycles. The number of amides is 1. The third-order valence-corrected chi connectivity index (χ3v) is 1.92. The number of rotatable bonds is 2. The van der Waals surface area contributed by atoms with E-state index in [1.807, 2.05) is 0 Å². The lowest BCUT2D eigenvalue weighted by molar-refractivity contribution is -0.146. The van der Waals surface area contributed by atoms with Gasteiger partial charge in [0.25, 0.3) is 0 Å². The summed E-state index contributed by atoms with van der Waals surface area (Å²) in [5.41, 5.74) is 0. The lowest BCUT2D eigenvalue weighted by Gasteiger charge is -2.36. The van der Waals surface area contributed by atoms with Crippen LogP contribution in [0.15, 0.2) is 0 Å². The monoisotopic (exact) mass is 157 g/mol. The molecule has 11 heavy (non-hydrogen) atoms. The summed E-state index contributed by atoms with van der Waals surface area (Å²) >= 11 is 0. The van der Waals surface area contributed by atoms with Crippen molar-refractivity contribution in [2.24, 2.45) is 5.92 Å². The van der Waals surface area contributed by atoms with E-state index < -0.39 is 18.1 Å². The minimum absolute atomic E-state index is 0.101. The van der Waals surface area contributed by atoms with Crippen molar-refractivity contribution in [1.82, 2.24) is 5.32 Å². The van der Waals surface area contributed by atoms with Crippen molar-refractivity contribution in [3.05, 3.63) is 0 Å². The molecule has 1 rings (SSSR count). The summed E-state index contributed by atoms with van der Waals surface area (Å²) < 4.78 is 0. The van der Waals surface area contributed by atoms with Crippen molar-refractivity contribution in [2.75, 3.05) is 0 Å². The third-order valence-electron chi connectivity index (χ3n) is 1.92. The van der Waals surface area contributed by atoms with Crippen LogP contribution in [-0.2, 0) is 9.59 Å². The molecule has 1 aliphatic heterocycles. The van der Waals surface area contributed by atoms with Gasteiger partial charge in [-0.1, -0.05) is 0 Å². The van der Waals surface area contributed by atoms with Crippen LogP contribution in [-0.4, -0.2) is 28.9 Å². The number of aliphatic hydroxyl groups is 1. The number of hydrogen-bond acceptors (Lipinski definition) is 3. The van der Waals surface area contributed by atoms with Gasteiger partial charge in [-0.3, -0.25) is 9.59 Å². The molecular weight excluding hydrogens is 146 g/mol. The molecule has 1 saturated heterocycles. The van der Waals surface area contributed by atoms with Gasteiger partial charge in [-0.25, -0.2) is 0 Å². The van der Waals surface area contributed by atoms with E-state index in [1.165, 1.54) is 13.8 Å². The molecule has 4 nitrogen and oxygen atoms in total. The van der Waals surface area contributed by atoms with Crippen LogP contribution in [0.1, 0.15) is 13.8 Å². The Kier molecular flexibility index (Phi) is 1.95. The smallest absolute Gasteiger partial charge is 0.228 e. The molecule has 4 heteroatoms. The molecule has 2 N–H and O–H groups in total. The predicted molar refractivity (Wildman–Crippen MR) is 37.8 cm³/mol. The molecule has 62 valence electrons. The molecule has 0 aliphatic carbocycles. The van der Waals surface area contributed by atoms with Crippen molar-refractivity contribution in [1.29, 1.82) is 0 Å². The van der Waals surface area contributed by atoms with E-state index in [0.717, 1.165) is 0 Å². The summed E-state index contributed by atoms with van der Waals surface area (Å²) in [6, 6.07) is -0.470. The first-order valence-electron chi connectivity index (χ1n) is 3.53. The maximum Gasteiger partial charge on any atom is 0.228 e. The highest BCUT2D eigenvalue weighted by Crippen LogP contribution is 2.19. The molecule has 0 spiro atoms. The van der Waals surface area contributed by atoms with E-state index in [9.17, 15) is 9.59 Å². The van der Waals surface area contributed by atoms with Crippen molar-refractivity contribution in [3.8, 4) is 0 Å². The van der Waals surface area contributed by atoms with Gasteiger partial charge >= 0.3 is 0 Å². The van der Waals surface area contributed by atoms with Crippen molar-refractivity contribution < 1.29 is 14.7 Å². The number of ketones is 1. The Hall–Kier alpha value is -0.900. The fourth-order valence-corrected chi connectivity index (χ4v) is 1.25. The maximum absolute atomic E-state index is 10.8. The Morgan fingerprint density at radius 2 is 2.27 bits per heavy atom. The van der Waals surface area contributed by atoms with Gasteiger partial charge in [0.1, 0.15) is 6.04 Å². The Balaban J connectivity index is 2.62. The second kappa shape index (κ2) is 2.62. The van der Waals surface area contributed by atoms with Gasteiger partial charge in [0.05, 0.1) is 12.0 Å². The highest BCUT2D eigenvalue weighted by Gasteiger charge is 2.44. The number of hydrogen-bond donors (Lipinski definition) is 2. The molecule has 0 radical (unpaired) electrons. The van der Waals surface area contributed by atoms with Crippen LogP contribution in [0.2, 0.25) is 0 Å². The van der Waals surface area contributed by atoms with Crippen LogP contribution in [0.25, 0.3) is 0 Å². The maximum atomic E-state index is 10.8. The Morgan fingerprint density at radius 1 is 1.73 bits per heavy atom. The van der Waals surface area contributed by atoms with Gasteiger partial charge in [0, 0.05) is 0 Å². The summed E-state index contributed by atoms with van der Waals surface area (Å²) in [5.74, 6) is -0.872. The average Bonchev–Trinajstić information content (AvgIpc) is 1.80. The normalized spacial score (nSPS) is 32.1. The van der Waals surface area contributed by atoms with Gasteiger partial charge in [0.15, 0.2) is 5.78 Å². The van der Waals surface area contributed by atoms with Crippen LogP contribution < -0.4 is 5.32 Å². The summed E-state index contributed by atoms with van der Waals surface area (Å²) in [6.45, 7) is 2.92. The SMILES string of the molecule is CC(=O)C1NC(=O)C1[C@@H](C)O. The number of nitrogens with one attached hydrogen (secondary N) is 1. The molecule has 1 fully saturated rings. The summed E-state index contributed by atoms with van der Waals surface area (Å²) in [7, 11) is 0. The molecule has 2 unspecified atom stereocenters. The average molecular weight is 157 g/mol. The van der Waals surface area contributed by atoms with E-state index in [2.05, 4.69) is 5.32 Å². The molecule has 0 aromatic heterocycles. The van der Waals surface area contributed by atoms with Gasteiger partial charge in [-0.2, -0.15) is 0 Å². The van der Waals surface area contributed by atoms with Crippen LogP contribution in [0, 0.1) is 5.92 Å². The lowest BCUT2D eigenvalue weighted by atomic mass is 9.84. The van der Waals surface area contributed by atoms with Crippen LogP contribution >= 0.6 is 0 Å². The Bertz CT molecular complexity index is 200. The lowest BCUT2D eigenvalue weighted by Crippen LogP contribution is -2.64. The quantitative estimate of drug-likeness (QED) is 0.509. The molecule has 0 saturated carbocycles. The number of Topliss-reactive ketones (excluding diaryl/α,β-unsaturated/α-hetero) is 1. The fraction of sp³-hybridized carbons (Fsp3) is 0.714. The summed E-state index contributed by atoms with van der Waals surface area (Å²) in [6.07, 6.45) is -0.738. The summed E-state index contributed by atoms with van der Waals surface area (Å²) in [4.78, 5) is 21.5. The molecule has 1 amide bonds. The Labute approximate surface area is 64.6 Å². The minimum atomic E-state index is -0.738. The predicted octanol–water partition coefficient (Wildman–Crippen LogP) is -0.929. The molecule has 0 aromatic carbocycles. The van der Waals surface area contributed by atoms with Gasteiger partial charge < -0.3 is 10.4 Å². The Morgan fingerprint density at radius 3 is 2.45 bits per heavy atom. The highest BCUT2D eigenvalue weighted by atomic mass is 16.3. The van der Waals surface area contributed by atoms with Crippen molar-refractivity contribution >= 4 is 11.7 Å². The second-order valence-electron chi connectivity index (χ2n) is 2.86. The van der Waals surface area contributed by atoms with E-state index >= 15 is 0 Å². The molecular formula is C7H11NO3. The largest absolute Gasteiger partial charge is 0.392 e. The molecule has 1 aliphatic rings. The zero-order chi connectivity index (χ0) is 8.59. The first kappa shape index (κ1) is 8.20. The molecule has 3 atom stereocenters. The van der Waals surface area contributed by atoms with Crippen molar-refractivity contribution in [2.45, 2.75) is 26.0 Å². The number of carbonyl (C=O) groups excluding carboxylic acids is 2. The minimum Gasteiger partial charge on any atom is -0.392 e. The second-order valence-corrected chi connectivity index (χ2v) is 2.86. The third kappa shape index (κ3) is 1.26. The van der Waals surface area contributed by atoms with E-state index in [-0.39, 0.29) is 11.7 Å². The number of carbonyl (C=O) groups is 2. The summed E-state index contributed by atoms with van der Waals surface area (Å²) in [5, 5.41) is 11.5. The standard InChI is InChI=1S/C7H11NO3/c1-3(9)5-6(4(2)10)8-7(5)11/h3,5-6,9H,1-2H3,(H,8,11)/t3-,5?,6?/m1/s1. The van der Waals surface area contributed by atoms with Crippen molar-refractivity contribution in [3.63, 3.8) is 0 Å². The first-order valence-corrected chi connectivity index (χ1v) is 3.53.